The largest absolute Gasteiger partial charge is 0.346 e. The van der Waals surface area contributed by atoms with E-state index in [4.69, 9.17) is 23.1 Å². The number of aromatic nitrogens is 1. The van der Waals surface area contributed by atoms with Crippen LogP contribution >= 0.6 is 11.6 Å². The van der Waals surface area contributed by atoms with E-state index in [1.165, 1.54) is 16.5 Å². The summed E-state index contributed by atoms with van der Waals surface area (Å²) in [5, 5.41) is 2.09. The van der Waals surface area contributed by atoms with Crippen LogP contribution in [0.4, 0.5) is 0 Å². The molecule has 1 aromatic carbocycles. The molecule has 0 atom stereocenters. The molecule has 4 N–H and O–H groups in total. The number of hydrogen-bond acceptors (Lipinski definition) is 2. The predicted molar refractivity (Wildman–Crippen MR) is 78.1 cm³/mol. The highest BCUT2D eigenvalue weighted by Gasteiger charge is 2.11. The number of hydrogen-bond donors (Lipinski definition) is 2. The SMILES string of the molecule is Cc1c(Cl)ccc2c(CCCN)cn(CCN)c12. The first-order chi connectivity index (χ1) is 8.69. The zero-order valence-corrected chi connectivity index (χ0v) is 11.5. The highest BCUT2D eigenvalue weighted by Crippen LogP contribution is 2.29. The highest BCUT2D eigenvalue weighted by molar-refractivity contribution is 6.32. The molecule has 2 aromatic rings. The van der Waals surface area contributed by atoms with Crippen molar-refractivity contribution >= 4 is 22.5 Å². The summed E-state index contributed by atoms with van der Waals surface area (Å²) in [6, 6.07) is 4.07. The standard InChI is InChI=1S/C14H20ClN3/c1-10-13(15)5-4-12-11(3-2-6-16)9-18(8-7-17)14(10)12/h4-5,9H,2-3,6-8,16-17H2,1H3. The minimum atomic E-state index is 0.631. The van der Waals surface area contributed by atoms with E-state index in [-0.39, 0.29) is 0 Å². The van der Waals surface area contributed by atoms with Crippen LogP contribution in [0.3, 0.4) is 0 Å². The molecule has 0 aliphatic heterocycles. The molecule has 1 aromatic heterocycles. The number of rotatable bonds is 5. The Morgan fingerprint density at radius 2 is 2.00 bits per heavy atom. The van der Waals surface area contributed by atoms with Crippen LogP contribution < -0.4 is 11.5 Å². The third-order valence-corrected chi connectivity index (χ3v) is 3.74. The zero-order chi connectivity index (χ0) is 13.1. The van der Waals surface area contributed by atoms with Crippen molar-refractivity contribution in [3.63, 3.8) is 0 Å². The Labute approximate surface area is 113 Å². The molecular weight excluding hydrogens is 246 g/mol. The van der Waals surface area contributed by atoms with Gasteiger partial charge in [0.05, 0.1) is 5.52 Å². The summed E-state index contributed by atoms with van der Waals surface area (Å²) in [4.78, 5) is 0. The minimum absolute atomic E-state index is 0.631. The Bertz CT molecular complexity index is 545. The minimum Gasteiger partial charge on any atom is -0.346 e. The summed E-state index contributed by atoms with van der Waals surface area (Å²) >= 11 is 6.21. The maximum absolute atomic E-state index is 6.21. The average Bonchev–Trinajstić information content (AvgIpc) is 2.70. The van der Waals surface area contributed by atoms with E-state index in [1.807, 2.05) is 6.07 Å². The second-order valence-electron chi connectivity index (χ2n) is 4.60. The smallest absolute Gasteiger partial charge is 0.0528 e. The molecule has 0 fully saturated rings. The Balaban J connectivity index is 2.56. The molecule has 3 nitrogen and oxygen atoms in total. The number of aryl methyl sites for hydroxylation is 2. The molecule has 0 saturated heterocycles. The summed E-state index contributed by atoms with van der Waals surface area (Å²) in [6.45, 7) is 4.23. The number of halogens is 1. The lowest BCUT2D eigenvalue weighted by atomic mass is 10.1. The summed E-state index contributed by atoms with van der Waals surface area (Å²) in [5.74, 6) is 0. The fourth-order valence-electron chi connectivity index (χ4n) is 2.43. The second kappa shape index (κ2) is 5.74. The molecular formula is C14H20ClN3. The Hall–Kier alpha value is -1.03. The van der Waals surface area contributed by atoms with Gasteiger partial charge in [-0.2, -0.15) is 0 Å². The van der Waals surface area contributed by atoms with Crippen LogP contribution in [-0.4, -0.2) is 17.7 Å². The first kappa shape index (κ1) is 13.4. The number of benzene rings is 1. The second-order valence-corrected chi connectivity index (χ2v) is 5.00. The van der Waals surface area contributed by atoms with Crippen molar-refractivity contribution in [1.29, 1.82) is 0 Å². The summed E-state index contributed by atoms with van der Waals surface area (Å²) in [7, 11) is 0. The van der Waals surface area contributed by atoms with Gasteiger partial charge in [0.1, 0.15) is 0 Å². The lowest BCUT2D eigenvalue weighted by molar-refractivity contribution is 0.727. The van der Waals surface area contributed by atoms with Gasteiger partial charge in [0.15, 0.2) is 0 Å². The van der Waals surface area contributed by atoms with Gasteiger partial charge in [-0.1, -0.05) is 17.7 Å². The van der Waals surface area contributed by atoms with Crippen LogP contribution in [0.25, 0.3) is 10.9 Å². The van der Waals surface area contributed by atoms with Gasteiger partial charge in [0, 0.05) is 29.7 Å². The maximum atomic E-state index is 6.21. The number of nitrogens with zero attached hydrogens (tertiary/aromatic N) is 1. The van der Waals surface area contributed by atoms with Crippen LogP contribution in [0, 0.1) is 6.92 Å². The number of fused-ring (bicyclic) bond motifs is 1. The molecule has 0 unspecified atom stereocenters. The molecule has 2 rings (SSSR count). The van der Waals surface area contributed by atoms with E-state index in [0.717, 1.165) is 36.5 Å². The molecule has 0 radical (unpaired) electrons. The van der Waals surface area contributed by atoms with Crippen molar-refractivity contribution in [1.82, 2.24) is 4.57 Å². The Morgan fingerprint density at radius 3 is 2.67 bits per heavy atom. The number of nitrogens with two attached hydrogens (primary N) is 2. The van der Waals surface area contributed by atoms with Gasteiger partial charge in [-0.25, -0.2) is 0 Å². The summed E-state index contributed by atoms with van der Waals surface area (Å²) < 4.78 is 2.21. The molecule has 18 heavy (non-hydrogen) atoms. The predicted octanol–water partition coefficient (Wildman–Crippen LogP) is 2.45. The molecule has 0 bridgehead atoms. The Morgan fingerprint density at radius 1 is 1.22 bits per heavy atom. The maximum Gasteiger partial charge on any atom is 0.0528 e. The van der Waals surface area contributed by atoms with E-state index in [1.54, 1.807) is 0 Å². The third-order valence-electron chi connectivity index (χ3n) is 3.33. The zero-order valence-electron chi connectivity index (χ0n) is 10.7. The normalized spacial score (nSPS) is 11.3. The lowest BCUT2D eigenvalue weighted by Crippen LogP contribution is -2.09. The van der Waals surface area contributed by atoms with Crippen molar-refractivity contribution in [2.75, 3.05) is 13.1 Å². The quantitative estimate of drug-likeness (QED) is 0.873. The first-order valence-electron chi connectivity index (χ1n) is 6.36. The van der Waals surface area contributed by atoms with Gasteiger partial charge in [-0.05, 0) is 43.5 Å². The highest BCUT2D eigenvalue weighted by atomic mass is 35.5. The van der Waals surface area contributed by atoms with Crippen molar-refractivity contribution < 1.29 is 0 Å². The van der Waals surface area contributed by atoms with Crippen molar-refractivity contribution in [3.8, 4) is 0 Å². The van der Waals surface area contributed by atoms with Crippen LogP contribution in [0.1, 0.15) is 17.5 Å². The summed E-state index contributed by atoms with van der Waals surface area (Å²) in [6.07, 6.45) is 4.20. The van der Waals surface area contributed by atoms with Crippen molar-refractivity contribution in [2.24, 2.45) is 11.5 Å². The molecule has 0 aliphatic rings. The van der Waals surface area contributed by atoms with Gasteiger partial charge in [-0.3, -0.25) is 0 Å². The van der Waals surface area contributed by atoms with Crippen LogP contribution in [0.15, 0.2) is 18.3 Å². The monoisotopic (exact) mass is 265 g/mol. The molecule has 4 heteroatoms. The van der Waals surface area contributed by atoms with Gasteiger partial charge in [-0.15, -0.1) is 0 Å². The van der Waals surface area contributed by atoms with Gasteiger partial charge in [0.2, 0.25) is 0 Å². The van der Waals surface area contributed by atoms with E-state index in [0.29, 0.717) is 6.54 Å². The van der Waals surface area contributed by atoms with Crippen molar-refractivity contribution in [2.45, 2.75) is 26.3 Å². The third kappa shape index (κ3) is 2.39. The lowest BCUT2D eigenvalue weighted by Gasteiger charge is -2.06. The van der Waals surface area contributed by atoms with E-state index < -0.39 is 0 Å². The fourth-order valence-corrected chi connectivity index (χ4v) is 2.59. The van der Waals surface area contributed by atoms with Gasteiger partial charge < -0.3 is 16.0 Å². The summed E-state index contributed by atoms with van der Waals surface area (Å²) in [5.41, 5.74) is 14.9. The first-order valence-corrected chi connectivity index (χ1v) is 6.73. The van der Waals surface area contributed by atoms with E-state index in [2.05, 4.69) is 23.8 Å². The molecule has 0 spiro atoms. The Kier molecular flexibility index (Phi) is 4.27. The van der Waals surface area contributed by atoms with E-state index >= 15 is 0 Å². The van der Waals surface area contributed by atoms with Gasteiger partial charge in [0.25, 0.3) is 0 Å². The topological polar surface area (TPSA) is 57.0 Å². The van der Waals surface area contributed by atoms with Crippen LogP contribution in [-0.2, 0) is 13.0 Å². The fraction of sp³-hybridized carbons (Fsp3) is 0.429. The molecule has 0 amide bonds. The van der Waals surface area contributed by atoms with Crippen molar-refractivity contribution in [3.05, 3.63) is 34.5 Å². The molecule has 0 aliphatic carbocycles. The average molecular weight is 266 g/mol. The van der Waals surface area contributed by atoms with Gasteiger partial charge >= 0.3 is 0 Å². The molecule has 98 valence electrons. The van der Waals surface area contributed by atoms with Crippen LogP contribution in [0.5, 0.6) is 0 Å². The van der Waals surface area contributed by atoms with Crippen LogP contribution in [0.2, 0.25) is 5.02 Å². The van der Waals surface area contributed by atoms with E-state index in [9.17, 15) is 0 Å². The molecule has 0 saturated carbocycles. The molecule has 1 heterocycles.